The van der Waals surface area contributed by atoms with Crippen LogP contribution in [0.15, 0.2) is 85.1 Å². The summed E-state index contributed by atoms with van der Waals surface area (Å²) in [5.41, 5.74) is 0. The Morgan fingerprint density at radius 1 is 0.538 bits per heavy atom. The number of carbonyl (C=O) groups excluding carboxylic acids is 1. The van der Waals surface area contributed by atoms with Crippen LogP contribution in [0.1, 0.15) is 206 Å². The van der Waals surface area contributed by atoms with Crippen LogP contribution < -0.4 is 5.32 Å². The number of allylic oxidation sites excluding steroid dienone is 13. The largest absolute Gasteiger partial charge is 0.394 e. The van der Waals surface area contributed by atoms with E-state index in [1.54, 1.807) is 6.08 Å². The van der Waals surface area contributed by atoms with Gasteiger partial charge >= 0.3 is 0 Å². The van der Waals surface area contributed by atoms with Crippen molar-refractivity contribution >= 4 is 5.91 Å². The van der Waals surface area contributed by atoms with E-state index < -0.39 is 49.5 Å². The van der Waals surface area contributed by atoms with E-state index in [0.717, 1.165) is 70.6 Å². The van der Waals surface area contributed by atoms with Gasteiger partial charge in [0.1, 0.15) is 24.4 Å². The van der Waals surface area contributed by atoms with Crippen molar-refractivity contribution in [1.82, 2.24) is 5.32 Å². The molecule has 65 heavy (non-hydrogen) atoms. The third kappa shape index (κ3) is 35.2. The van der Waals surface area contributed by atoms with Crippen molar-refractivity contribution in [2.75, 3.05) is 13.2 Å². The number of carbonyl (C=O) groups is 1. The fourth-order valence-corrected chi connectivity index (χ4v) is 7.81. The minimum absolute atomic E-state index is 0.190. The fourth-order valence-electron chi connectivity index (χ4n) is 7.81. The summed E-state index contributed by atoms with van der Waals surface area (Å²) in [5, 5.41) is 53.5. The van der Waals surface area contributed by atoms with Crippen molar-refractivity contribution in [1.29, 1.82) is 0 Å². The zero-order chi connectivity index (χ0) is 47.3. The van der Waals surface area contributed by atoms with Crippen LogP contribution in [-0.4, -0.2) is 87.5 Å². The molecule has 0 aromatic heterocycles. The van der Waals surface area contributed by atoms with E-state index in [-0.39, 0.29) is 12.5 Å². The molecule has 1 fully saturated rings. The lowest BCUT2D eigenvalue weighted by Crippen LogP contribution is -2.60. The molecule has 9 nitrogen and oxygen atoms in total. The Bertz CT molecular complexity index is 1290. The second-order valence-corrected chi connectivity index (χ2v) is 17.9. The lowest BCUT2D eigenvalue weighted by atomic mass is 9.99. The second-order valence-electron chi connectivity index (χ2n) is 17.9. The standard InChI is InChI=1S/C56H97NO8/c1-3-5-7-8-9-10-11-12-13-14-15-16-17-18-19-20-21-22-23-24-25-26-27-28-29-30-31-32-33-34-35-36-37-38-39-40-41-42-44-46-52(60)57-49(50(59)45-43-6-4-2)48-64-56-55(63)54(62)53(61)51(47-58)65-56/h5,7,9-10,12-13,15-16,18-19,21-22,43,45,49-51,53-56,58-59,61-63H,3-4,6,8,11,14,17,20,23-42,44,46-48H2,1-2H3,(H,57,60)/b7-5-,10-9-,13-12-,16-15-,19-18-,22-21-,45-43+. The molecule has 1 aliphatic heterocycles. The van der Waals surface area contributed by atoms with Gasteiger partial charge in [-0.05, 0) is 64.2 Å². The van der Waals surface area contributed by atoms with Gasteiger partial charge in [-0.1, -0.05) is 221 Å². The van der Waals surface area contributed by atoms with E-state index in [2.05, 4.69) is 85.2 Å². The molecule has 0 spiro atoms. The van der Waals surface area contributed by atoms with Crippen LogP contribution in [0.4, 0.5) is 0 Å². The van der Waals surface area contributed by atoms with E-state index in [9.17, 15) is 30.3 Å². The van der Waals surface area contributed by atoms with Crippen LogP contribution in [0.25, 0.3) is 0 Å². The van der Waals surface area contributed by atoms with Gasteiger partial charge in [0.25, 0.3) is 0 Å². The maximum absolute atomic E-state index is 12.8. The van der Waals surface area contributed by atoms with Crippen LogP contribution in [0.3, 0.4) is 0 Å². The lowest BCUT2D eigenvalue weighted by Gasteiger charge is -2.40. The van der Waals surface area contributed by atoms with Gasteiger partial charge in [0.2, 0.25) is 5.91 Å². The highest BCUT2D eigenvalue weighted by atomic mass is 16.7. The molecule has 7 unspecified atom stereocenters. The predicted octanol–water partition coefficient (Wildman–Crippen LogP) is 12.3. The minimum atomic E-state index is -1.56. The molecular weight excluding hydrogens is 815 g/mol. The zero-order valence-electron chi connectivity index (χ0n) is 41.2. The van der Waals surface area contributed by atoms with Gasteiger partial charge in [0.05, 0.1) is 25.4 Å². The number of hydrogen-bond acceptors (Lipinski definition) is 8. The van der Waals surface area contributed by atoms with Crippen LogP contribution in [0.2, 0.25) is 0 Å². The Morgan fingerprint density at radius 3 is 1.38 bits per heavy atom. The van der Waals surface area contributed by atoms with Crippen molar-refractivity contribution in [3.63, 3.8) is 0 Å². The molecule has 1 saturated heterocycles. The third-order valence-electron chi connectivity index (χ3n) is 12.0. The van der Waals surface area contributed by atoms with Crippen LogP contribution in [0, 0.1) is 0 Å². The summed E-state index contributed by atoms with van der Waals surface area (Å²) in [7, 11) is 0. The molecule has 1 rings (SSSR count). The lowest BCUT2D eigenvalue weighted by molar-refractivity contribution is -0.302. The smallest absolute Gasteiger partial charge is 0.220 e. The number of aliphatic hydroxyl groups excluding tert-OH is 5. The first-order valence-electron chi connectivity index (χ1n) is 26.3. The van der Waals surface area contributed by atoms with Crippen molar-refractivity contribution < 1.29 is 39.8 Å². The van der Waals surface area contributed by atoms with E-state index in [1.165, 1.54) is 116 Å². The van der Waals surface area contributed by atoms with Gasteiger partial charge < -0.3 is 40.3 Å². The normalized spacial score (nSPS) is 20.6. The van der Waals surface area contributed by atoms with Crippen LogP contribution >= 0.6 is 0 Å². The third-order valence-corrected chi connectivity index (χ3v) is 12.0. The number of unbranched alkanes of at least 4 members (excludes halogenated alkanes) is 21. The zero-order valence-corrected chi connectivity index (χ0v) is 41.2. The summed E-state index contributed by atoms with van der Waals surface area (Å²) in [5.74, 6) is -0.190. The number of aliphatic hydroxyl groups is 5. The molecule has 1 heterocycles. The molecule has 1 amide bonds. The Hall–Kier alpha value is -2.63. The quantitative estimate of drug-likeness (QED) is 0.0262. The molecule has 0 saturated carbocycles. The maximum atomic E-state index is 12.8. The summed E-state index contributed by atoms with van der Waals surface area (Å²) in [6.07, 6.45) is 57.7. The first-order chi connectivity index (χ1) is 31.8. The molecule has 1 aliphatic rings. The Kier molecular flexibility index (Phi) is 42.0. The molecule has 9 heteroatoms. The van der Waals surface area contributed by atoms with E-state index in [4.69, 9.17) is 9.47 Å². The van der Waals surface area contributed by atoms with Crippen molar-refractivity contribution in [3.05, 3.63) is 85.1 Å². The summed E-state index contributed by atoms with van der Waals surface area (Å²) in [6, 6.07) is -0.801. The first-order valence-corrected chi connectivity index (χ1v) is 26.3. The Balaban J connectivity index is 1.93. The molecule has 0 aromatic carbocycles. The Morgan fingerprint density at radius 2 is 0.954 bits per heavy atom. The number of hydrogen-bond donors (Lipinski definition) is 6. The van der Waals surface area contributed by atoms with Gasteiger partial charge in [-0.25, -0.2) is 0 Å². The monoisotopic (exact) mass is 912 g/mol. The van der Waals surface area contributed by atoms with E-state index >= 15 is 0 Å². The summed E-state index contributed by atoms with van der Waals surface area (Å²) < 4.78 is 11.1. The topological polar surface area (TPSA) is 149 Å². The van der Waals surface area contributed by atoms with Crippen LogP contribution in [-0.2, 0) is 14.3 Å². The average Bonchev–Trinajstić information content (AvgIpc) is 3.30. The molecule has 7 atom stereocenters. The summed E-state index contributed by atoms with van der Waals surface area (Å²) >= 11 is 0. The number of amides is 1. The van der Waals surface area contributed by atoms with Gasteiger partial charge in [0.15, 0.2) is 6.29 Å². The van der Waals surface area contributed by atoms with Gasteiger partial charge in [-0.2, -0.15) is 0 Å². The number of ether oxygens (including phenoxy) is 2. The van der Waals surface area contributed by atoms with E-state index in [0.29, 0.717) is 6.42 Å². The minimum Gasteiger partial charge on any atom is -0.394 e. The molecular formula is C56H97NO8. The molecule has 0 radical (unpaired) electrons. The predicted molar refractivity (Wildman–Crippen MR) is 271 cm³/mol. The average molecular weight is 912 g/mol. The summed E-state index contributed by atoms with van der Waals surface area (Å²) in [6.45, 7) is 3.43. The maximum Gasteiger partial charge on any atom is 0.220 e. The highest BCUT2D eigenvalue weighted by molar-refractivity contribution is 5.76. The van der Waals surface area contributed by atoms with Crippen molar-refractivity contribution in [3.8, 4) is 0 Å². The van der Waals surface area contributed by atoms with E-state index in [1.807, 2.05) is 13.0 Å². The van der Waals surface area contributed by atoms with Gasteiger partial charge in [0, 0.05) is 6.42 Å². The van der Waals surface area contributed by atoms with Gasteiger partial charge in [-0.3, -0.25) is 4.79 Å². The summed E-state index contributed by atoms with van der Waals surface area (Å²) in [4.78, 5) is 12.8. The first kappa shape index (κ1) is 60.4. The highest BCUT2D eigenvalue weighted by Crippen LogP contribution is 2.23. The van der Waals surface area contributed by atoms with Crippen LogP contribution in [0.5, 0.6) is 0 Å². The molecule has 0 aromatic rings. The number of nitrogens with one attached hydrogen (secondary N) is 1. The molecule has 0 bridgehead atoms. The number of rotatable bonds is 43. The van der Waals surface area contributed by atoms with Gasteiger partial charge in [-0.15, -0.1) is 0 Å². The Labute approximate surface area is 397 Å². The molecule has 374 valence electrons. The molecule has 6 N–H and O–H groups in total. The fraction of sp³-hybridized carbons (Fsp3) is 0.732. The second kappa shape index (κ2) is 45.2. The van der Waals surface area contributed by atoms with Crippen molar-refractivity contribution in [2.45, 2.75) is 249 Å². The highest BCUT2D eigenvalue weighted by Gasteiger charge is 2.44. The van der Waals surface area contributed by atoms with Crippen molar-refractivity contribution in [2.24, 2.45) is 0 Å². The molecule has 0 aliphatic carbocycles. The SMILES string of the molecule is CC/C=C\C/C=C\C/C=C\C/C=C\C/C=C\C/C=C\CCCCCCCCCCCCCCCCCCCCCCC(=O)NC(COC1OC(CO)C(O)C(O)C1O)C(O)/C=C/CCC.